The van der Waals surface area contributed by atoms with Crippen LogP contribution in [0.4, 0.5) is 0 Å². The van der Waals surface area contributed by atoms with Crippen molar-refractivity contribution in [2.24, 2.45) is 5.92 Å². The molecule has 98 valence electrons. The molecule has 0 aliphatic heterocycles. The van der Waals surface area contributed by atoms with Crippen molar-refractivity contribution in [2.45, 2.75) is 63.8 Å². The van der Waals surface area contributed by atoms with Gasteiger partial charge in [0.15, 0.2) is 0 Å². The third-order valence-corrected chi connectivity index (χ3v) is 4.08. The van der Waals surface area contributed by atoms with Crippen molar-refractivity contribution in [1.29, 1.82) is 5.26 Å². The molecule has 0 bridgehead atoms. The van der Waals surface area contributed by atoms with Crippen molar-refractivity contribution in [2.75, 3.05) is 13.2 Å². The highest BCUT2D eigenvalue weighted by Crippen LogP contribution is 2.32. The first kappa shape index (κ1) is 14.5. The molecule has 0 radical (unpaired) electrons. The molecular formula is C14H26N2O. The maximum absolute atomic E-state index is 9.63. The smallest absolute Gasteiger partial charge is 0.0621 e. The van der Waals surface area contributed by atoms with E-state index in [1.165, 1.54) is 32.1 Å². The van der Waals surface area contributed by atoms with Gasteiger partial charge in [0.2, 0.25) is 0 Å². The summed E-state index contributed by atoms with van der Waals surface area (Å²) in [6.07, 6.45) is 9.05. The van der Waals surface area contributed by atoms with E-state index in [2.05, 4.69) is 18.3 Å². The fourth-order valence-electron chi connectivity index (χ4n) is 2.77. The molecule has 0 aromatic carbocycles. The molecule has 0 aromatic heterocycles. The number of aliphatic hydroxyl groups is 1. The van der Waals surface area contributed by atoms with Crippen molar-refractivity contribution < 1.29 is 5.11 Å². The van der Waals surface area contributed by atoms with E-state index in [9.17, 15) is 5.11 Å². The van der Waals surface area contributed by atoms with Crippen LogP contribution in [0.1, 0.15) is 58.3 Å². The topological polar surface area (TPSA) is 56.0 Å². The van der Waals surface area contributed by atoms with Gasteiger partial charge in [0.25, 0.3) is 0 Å². The number of hydrogen-bond donors (Lipinski definition) is 2. The Morgan fingerprint density at radius 2 is 2.00 bits per heavy atom. The molecule has 17 heavy (non-hydrogen) atoms. The average Bonchev–Trinajstić information content (AvgIpc) is 2.39. The van der Waals surface area contributed by atoms with Crippen molar-refractivity contribution in [3.63, 3.8) is 0 Å². The average molecular weight is 238 g/mol. The van der Waals surface area contributed by atoms with Gasteiger partial charge in [0, 0.05) is 12.0 Å². The Kier molecular flexibility index (Phi) is 6.54. The molecule has 1 fully saturated rings. The molecule has 3 heteroatoms. The van der Waals surface area contributed by atoms with Gasteiger partial charge >= 0.3 is 0 Å². The zero-order valence-corrected chi connectivity index (χ0v) is 11.0. The van der Waals surface area contributed by atoms with Crippen molar-refractivity contribution in [3.05, 3.63) is 0 Å². The van der Waals surface area contributed by atoms with E-state index in [4.69, 9.17) is 5.26 Å². The molecule has 0 heterocycles. The lowest BCUT2D eigenvalue weighted by atomic mass is 9.76. The fourth-order valence-corrected chi connectivity index (χ4v) is 2.77. The molecule has 1 aliphatic carbocycles. The third kappa shape index (κ3) is 4.65. The van der Waals surface area contributed by atoms with Crippen LogP contribution in [0.25, 0.3) is 0 Å². The predicted octanol–water partition coefficient (Wildman–Crippen LogP) is 2.60. The van der Waals surface area contributed by atoms with E-state index in [1.54, 1.807) is 0 Å². The Hall–Kier alpha value is -0.590. The first-order valence-corrected chi connectivity index (χ1v) is 6.96. The van der Waals surface area contributed by atoms with Crippen molar-refractivity contribution >= 4 is 0 Å². The predicted molar refractivity (Wildman–Crippen MR) is 69.5 cm³/mol. The van der Waals surface area contributed by atoms with E-state index in [-0.39, 0.29) is 12.1 Å². The Bertz CT molecular complexity index is 243. The third-order valence-electron chi connectivity index (χ3n) is 4.08. The quantitative estimate of drug-likeness (QED) is 0.670. The summed E-state index contributed by atoms with van der Waals surface area (Å²) in [5.74, 6) is 0.609. The Morgan fingerprint density at radius 1 is 1.29 bits per heavy atom. The zero-order valence-electron chi connectivity index (χ0n) is 11.0. The second kappa shape index (κ2) is 7.68. The highest BCUT2D eigenvalue weighted by molar-refractivity contribution is 4.91. The van der Waals surface area contributed by atoms with Crippen LogP contribution in [0.2, 0.25) is 0 Å². The summed E-state index contributed by atoms with van der Waals surface area (Å²) in [5.41, 5.74) is -0.118. The first-order valence-electron chi connectivity index (χ1n) is 6.96. The van der Waals surface area contributed by atoms with E-state index < -0.39 is 0 Å². The lowest BCUT2D eigenvalue weighted by molar-refractivity contribution is 0.0951. The van der Waals surface area contributed by atoms with Crippen LogP contribution < -0.4 is 5.32 Å². The molecule has 1 aliphatic rings. The van der Waals surface area contributed by atoms with Crippen LogP contribution in [-0.2, 0) is 0 Å². The molecule has 1 saturated carbocycles. The number of nitriles is 1. The maximum Gasteiger partial charge on any atom is 0.0621 e. The standard InChI is InChI=1S/C14H26N2O/c1-14(12-17,13-8-4-2-5-9-13)16-11-7-3-6-10-15/h13,16-17H,2-9,11-12H2,1H3. The van der Waals surface area contributed by atoms with Gasteiger partial charge < -0.3 is 10.4 Å². The molecule has 1 atom stereocenters. The summed E-state index contributed by atoms with van der Waals surface area (Å²) in [7, 11) is 0. The molecule has 0 saturated heterocycles. The highest BCUT2D eigenvalue weighted by Gasteiger charge is 2.33. The zero-order chi connectivity index (χ0) is 12.6. The van der Waals surface area contributed by atoms with Gasteiger partial charge in [-0.25, -0.2) is 0 Å². The van der Waals surface area contributed by atoms with E-state index in [0.29, 0.717) is 12.3 Å². The van der Waals surface area contributed by atoms with E-state index in [1.807, 2.05) is 0 Å². The minimum atomic E-state index is -0.118. The first-order chi connectivity index (χ1) is 8.23. The Labute approximate surface area is 105 Å². The van der Waals surface area contributed by atoms with Gasteiger partial charge in [-0.2, -0.15) is 5.26 Å². The number of unbranched alkanes of at least 4 members (excludes halogenated alkanes) is 2. The summed E-state index contributed by atoms with van der Waals surface area (Å²) in [5, 5.41) is 21.6. The normalized spacial score (nSPS) is 20.8. The summed E-state index contributed by atoms with van der Waals surface area (Å²) < 4.78 is 0. The Morgan fingerprint density at radius 3 is 2.59 bits per heavy atom. The van der Waals surface area contributed by atoms with Gasteiger partial charge in [-0.3, -0.25) is 0 Å². The summed E-state index contributed by atoms with van der Waals surface area (Å²) in [4.78, 5) is 0. The van der Waals surface area contributed by atoms with Gasteiger partial charge in [-0.05, 0) is 45.1 Å². The Balaban J connectivity index is 2.31. The lowest BCUT2D eigenvalue weighted by Gasteiger charge is -2.39. The minimum Gasteiger partial charge on any atom is -0.394 e. The van der Waals surface area contributed by atoms with Crippen LogP contribution in [0, 0.1) is 17.2 Å². The number of aliphatic hydroxyl groups excluding tert-OH is 1. The van der Waals surface area contributed by atoms with Gasteiger partial charge in [0.05, 0.1) is 12.7 Å². The molecule has 3 nitrogen and oxygen atoms in total. The highest BCUT2D eigenvalue weighted by atomic mass is 16.3. The molecule has 0 amide bonds. The van der Waals surface area contributed by atoms with E-state index in [0.717, 1.165) is 19.4 Å². The summed E-state index contributed by atoms with van der Waals surface area (Å²) >= 11 is 0. The number of hydrogen-bond acceptors (Lipinski definition) is 3. The SMILES string of the molecule is CC(CO)(NCCCCC#N)C1CCCCC1. The number of nitrogens with one attached hydrogen (secondary N) is 1. The number of nitrogens with zero attached hydrogens (tertiary/aromatic N) is 1. The summed E-state index contributed by atoms with van der Waals surface area (Å²) in [6, 6.07) is 2.17. The molecule has 0 aromatic rings. The van der Waals surface area contributed by atoms with Crippen molar-refractivity contribution in [1.82, 2.24) is 5.32 Å². The van der Waals surface area contributed by atoms with Crippen LogP contribution >= 0.6 is 0 Å². The maximum atomic E-state index is 9.63. The second-order valence-corrected chi connectivity index (χ2v) is 5.45. The van der Waals surface area contributed by atoms with E-state index >= 15 is 0 Å². The van der Waals surface area contributed by atoms with Crippen LogP contribution in [0.15, 0.2) is 0 Å². The molecule has 0 spiro atoms. The monoisotopic (exact) mass is 238 g/mol. The number of rotatable bonds is 7. The minimum absolute atomic E-state index is 0.118. The second-order valence-electron chi connectivity index (χ2n) is 5.45. The lowest BCUT2D eigenvalue weighted by Crippen LogP contribution is -2.52. The van der Waals surface area contributed by atoms with Gasteiger partial charge in [-0.1, -0.05) is 19.3 Å². The molecule has 2 N–H and O–H groups in total. The van der Waals surface area contributed by atoms with Gasteiger partial charge in [-0.15, -0.1) is 0 Å². The van der Waals surface area contributed by atoms with Gasteiger partial charge in [0.1, 0.15) is 0 Å². The fraction of sp³-hybridized carbons (Fsp3) is 0.929. The van der Waals surface area contributed by atoms with Crippen molar-refractivity contribution in [3.8, 4) is 6.07 Å². The van der Waals surface area contributed by atoms with Crippen LogP contribution in [-0.4, -0.2) is 23.8 Å². The largest absolute Gasteiger partial charge is 0.394 e. The molecule has 1 unspecified atom stereocenters. The summed E-state index contributed by atoms with van der Waals surface area (Å²) in [6.45, 7) is 3.28. The van der Waals surface area contributed by atoms with Crippen LogP contribution in [0.5, 0.6) is 0 Å². The molecule has 1 rings (SSSR count). The van der Waals surface area contributed by atoms with Crippen LogP contribution in [0.3, 0.4) is 0 Å². The molecular weight excluding hydrogens is 212 g/mol.